The van der Waals surface area contributed by atoms with Crippen molar-refractivity contribution >= 4 is 5.97 Å². The van der Waals surface area contributed by atoms with E-state index in [4.69, 9.17) is 0 Å². The minimum atomic E-state index is -0.584. The van der Waals surface area contributed by atoms with Crippen molar-refractivity contribution < 1.29 is 19.0 Å². The van der Waals surface area contributed by atoms with Gasteiger partial charge in [0.25, 0.3) is 0 Å². The van der Waals surface area contributed by atoms with Crippen LogP contribution in [0.5, 0.6) is 5.75 Å². The van der Waals surface area contributed by atoms with Crippen LogP contribution < -0.4 is 4.89 Å². The maximum atomic E-state index is 12.5. The zero-order valence-corrected chi connectivity index (χ0v) is 6.41. The number of hydrogen-bond donors (Lipinski definition) is 0. The molecular formula is C8H7FO3. The molecule has 0 aromatic heterocycles. The summed E-state index contributed by atoms with van der Waals surface area (Å²) in [5, 5.41) is 0. The summed E-state index contributed by atoms with van der Waals surface area (Å²) >= 11 is 0. The van der Waals surface area contributed by atoms with Crippen molar-refractivity contribution in [1.82, 2.24) is 0 Å². The lowest BCUT2D eigenvalue weighted by Gasteiger charge is -2.00. The summed E-state index contributed by atoms with van der Waals surface area (Å²) in [6.07, 6.45) is 0. The molecule has 0 heterocycles. The summed E-state index contributed by atoms with van der Waals surface area (Å²) in [4.78, 5) is 18.9. The Bertz CT molecular complexity index is 285. The Morgan fingerprint density at radius 2 is 2.25 bits per heavy atom. The van der Waals surface area contributed by atoms with Crippen molar-refractivity contribution in [3.8, 4) is 5.75 Å². The molecular weight excluding hydrogens is 163 g/mol. The predicted molar refractivity (Wildman–Crippen MR) is 38.8 cm³/mol. The van der Waals surface area contributed by atoms with Crippen LogP contribution in [-0.4, -0.2) is 5.97 Å². The number of halogens is 1. The number of carbonyl (C=O) groups excluding carboxylic acids is 1. The maximum Gasteiger partial charge on any atom is 0.352 e. The van der Waals surface area contributed by atoms with E-state index < -0.39 is 11.8 Å². The summed E-state index contributed by atoms with van der Waals surface area (Å²) in [5.41, 5.74) is 0. The van der Waals surface area contributed by atoms with E-state index in [9.17, 15) is 9.18 Å². The molecule has 3 nitrogen and oxygen atoms in total. The third-order valence-corrected chi connectivity index (χ3v) is 1.05. The van der Waals surface area contributed by atoms with E-state index in [0.29, 0.717) is 0 Å². The largest absolute Gasteiger partial charge is 0.352 e. The second-order valence-corrected chi connectivity index (χ2v) is 2.12. The Labute approximate surface area is 68.6 Å². The van der Waals surface area contributed by atoms with Gasteiger partial charge in [-0.15, -0.1) is 0 Å². The van der Waals surface area contributed by atoms with Crippen LogP contribution in [0.4, 0.5) is 4.39 Å². The molecule has 4 heteroatoms. The van der Waals surface area contributed by atoms with E-state index in [-0.39, 0.29) is 5.75 Å². The molecule has 0 amide bonds. The van der Waals surface area contributed by atoms with Crippen molar-refractivity contribution in [3.63, 3.8) is 0 Å². The Morgan fingerprint density at radius 1 is 1.50 bits per heavy atom. The number of benzene rings is 1. The number of hydrogen-bond acceptors (Lipinski definition) is 3. The van der Waals surface area contributed by atoms with Crippen LogP contribution in [0, 0.1) is 5.82 Å². The van der Waals surface area contributed by atoms with Crippen LogP contribution in [0.3, 0.4) is 0 Å². The fourth-order valence-electron chi connectivity index (χ4n) is 0.626. The second-order valence-electron chi connectivity index (χ2n) is 2.12. The van der Waals surface area contributed by atoms with Gasteiger partial charge in [0, 0.05) is 13.0 Å². The van der Waals surface area contributed by atoms with Gasteiger partial charge in [-0.3, -0.25) is 9.78 Å². The first kappa shape index (κ1) is 8.52. The average molecular weight is 170 g/mol. The highest BCUT2D eigenvalue weighted by Crippen LogP contribution is 2.11. The van der Waals surface area contributed by atoms with Crippen molar-refractivity contribution in [2.75, 3.05) is 0 Å². The third-order valence-electron chi connectivity index (χ3n) is 1.05. The van der Waals surface area contributed by atoms with Gasteiger partial charge in [-0.2, -0.15) is 0 Å². The molecule has 0 unspecified atom stereocenters. The van der Waals surface area contributed by atoms with Gasteiger partial charge in [-0.1, -0.05) is 6.07 Å². The first-order valence-corrected chi connectivity index (χ1v) is 3.29. The molecule has 0 saturated carbocycles. The molecule has 1 rings (SSSR count). The van der Waals surface area contributed by atoms with E-state index in [1.54, 1.807) is 0 Å². The number of rotatable bonds is 2. The lowest BCUT2D eigenvalue weighted by atomic mass is 10.3. The van der Waals surface area contributed by atoms with Gasteiger partial charge in [0.15, 0.2) is 5.75 Å². The van der Waals surface area contributed by atoms with E-state index in [0.717, 1.165) is 6.07 Å². The summed E-state index contributed by atoms with van der Waals surface area (Å²) < 4.78 is 12.5. The first-order valence-electron chi connectivity index (χ1n) is 3.29. The second kappa shape index (κ2) is 3.71. The van der Waals surface area contributed by atoms with Gasteiger partial charge >= 0.3 is 5.97 Å². The van der Waals surface area contributed by atoms with Gasteiger partial charge in [0.2, 0.25) is 0 Å². The van der Waals surface area contributed by atoms with E-state index in [1.807, 2.05) is 0 Å². The monoisotopic (exact) mass is 170 g/mol. The minimum Gasteiger partial charge on any atom is -0.287 e. The molecule has 1 aromatic rings. The van der Waals surface area contributed by atoms with Crippen LogP contribution in [-0.2, 0) is 9.68 Å². The molecule has 0 aliphatic heterocycles. The minimum absolute atomic E-state index is 0.158. The van der Waals surface area contributed by atoms with Crippen molar-refractivity contribution in [2.45, 2.75) is 6.92 Å². The zero-order chi connectivity index (χ0) is 8.97. The first-order chi connectivity index (χ1) is 5.68. The summed E-state index contributed by atoms with van der Waals surface area (Å²) in [6.45, 7) is 1.19. The lowest BCUT2D eigenvalue weighted by molar-refractivity contribution is -0.210. The third kappa shape index (κ3) is 2.57. The topological polar surface area (TPSA) is 35.5 Å². The lowest BCUT2D eigenvalue weighted by Crippen LogP contribution is -2.02. The molecule has 0 radical (unpaired) electrons. The molecule has 0 atom stereocenters. The molecule has 0 spiro atoms. The Kier molecular flexibility index (Phi) is 2.63. The highest BCUT2D eigenvalue weighted by Gasteiger charge is 1.98. The fourth-order valence-corrected chi connectivity index (χ4v) is 0.626. The van der Waals surface area contributed by atoms with Gasteiger partial charge in [0.05, 0.1) is 0 Å². The summed E-state index contributed by atoms with van der Waals surface area (Å²) in [7, 11) is 0. The van der Waals surface area contributed by atoms with E-state index in [1.165, 1.54) is 25.1 Å². The molecule has 0 saturated heterocycles. The molecule has 0 aliphatic rings. The summed E-state index contributed by atoms with van der Waals surface area (Å²) in [5.74, 6) is -0.871. The molecule has 0 N–H and O–H groups in total. The Hall–Kier alpha value is -1.58. The van der Waals surface area contributed by atoms with Crippen molar-refractivity contribution in [2.24, 2.45) is 0 Å². The van der Waals surface area contributed by atoms with Crippen LogP contribution >= 0.6 is 0 Å². The molecule has 0 fully saturated rings. The highest BCUT2D eigenvalue weighted by atomic mass is 19.1. The highest BCUT2D eigenvalue weighted by molar-refractivity contribution is 5.65. The molecule has 64 valence electrons. The average Bonchev–Trinajstić information content (AvgIpc) is 2.01. The van der Waals surface area contributed by atoms with Gasteiger partial charge in [-0.25, -0.2) is 9.18 Å². The molecule has 0 aliphatic carbocycles. The fraction of sp³-hybridized carbons (Fsp3) is 0.125. The van der Waals surface area contributed by atoms with Gasteiger partial charge in [-0.05, 0) is 12.1 Å². The zero-order valence-electron chi connectivity index (χ0n) is 6.41. The van der Waals surface area contributed by atoms with Crippen LogP contribution in [0.15, 0.2) is 24.3 Å². The smallest absolute Gasteiger partial charge is 0.287 e. The molecule has 1 aromatic carbocycles. The van der Waals surface area contributed by atoms with Gasteiger partial charge in [0.1, 0.15) is 5.82 Å². The SMILES string of the molecule is CC(=O)OOc1cccc(F)c1. The quantitative estimate of drug-likeness (QED) is 0.500. The Balaban J connectivity index is 2.57. The van der Waals surface area contributed by atoms with Crippen molar-refractivity contribution in [1.29, 1.82) is 0 Å². The van der Waals surface area contributed by atoms with E-state index >= 15 is 0 Å². The molecule has 12 heavy (non-hydrogen) atoms. The standard InChI is InChI=1S/C8H7FO3/c1-6(10)11-12-8-4-2-3-7(9)5-8/h2-5H,1H3. The van der Waals surface area contributed by atoms with Crippen LogP contribution in [0.25, 0.3) is 0 Å². The normalized spacial score (nSPS) is 9.17. The maximum absolute atomic E-state index is 12.5. The van der Waals surface area contributed by atoms with Gasteiger partial charge < -0.3 is 0 Å². The summed E-state index contributed by atoms with van der Waals surface area (Å²) in [6, 6.07) is 5.31. The van der Waals surface area contributed by atoms with Crippen LogP contribution in [0.1, 0.15) is 6.92 Å². The number of carbonyl (C=O) groups is 1. The van der Waals surface area contributed by atoms with Crippen LogP contribution in [0.2, 0.25) is 0 Å². The van der Waals surface area contributed by atoms with E-state index in [2.05, 4.69) is 9.78 Å². The predicted octanol–water partition coefficient (Wildman–Crippen LogP) is 1.68. The Morgan fingerprint density at radius 3 is 2.83 bits per heavy atom. The van der Waals surface area contributed by atoms with Crippen molar-refractivity contribution in [3.05, 3.63) is 30.1 Å². The molecule has 0 bridgehead atoms.